The maximum atomic E-state index is 15.5. The third-order valence-electron chi connectivity index (χ3n) is 6.77. The molecule has 3 aromatic rings. The number of rotatable bonds is 4. The number of aromatic carboxylic acids is 1. The van der Waals surface area contributed by atoms with E-state index in [0.717, 1.165) is 46.5 Å². The van der Waals surface area contributed by atoms with Crippen molar-refractivity contribution in [2.75, 3.05) is 13.6 Å². The van der Waals surface area contributed by atoms with Crippen LogP contribution in [0.15, 0.2) is 23.1 Å². The minimum atomic E-state index is -1.28. The molecule has 2 aliphatic rings. The number of halogens is 1. The predicted octanol–water partition coefficient (Wildman–Crippen LogP) is 4.15. The number of thiophene rings is 1. The lowest BCUT2D eigenvalue weighted by Crippen LogP contribution is -2.46. The molecule has 1 aliphatic heterocycles. The minimum absolute atomic E-state index is 0.134. The van der Waals surface area contributed by atoms with Gasteiger partial charge in [0, 0.05) is 39.6 Å². The molecule has 1 fully saturated rings. The van der Waals surface area contributed by atoms with Gasteiger partial charge in [0.05, 0.1) is 5.52 Å². The van der Waals surface area contributed by atoms with Crippen LogP contribution in [0.2, 0.25) is 0 Å². The van der Waals surface area contributed by atoms with Gasteiger partial charge in [-0.3, -0.25) is 9.20 Å². The van der Waals surface area contributed by atoms with Crippen molar-refractivity contribution in [2.45, 2.75) is 51.1 Å². The third-order valence-corrected chi connectivity index (χ3v) is 8.26. The molecule has 6 nitrogen and oxygen atoms in total. The zero-order valence-corrected chi connectivity index (χ0v) is 19.3. The number of nitrogens with zero attached hydrogens (tertiary/aromatic N) is 1. The average Bonchev–Trinajstić information content (AvgIpc) is 3.47. The number of likely N-dealkylation sites (N-methyl/N-ethyl adjacent to an activating group) is 1. The summed E-state index contributed by atoms with van der Waals surface area (Å²) >= 11 is 1.57. The molecule has 3 aromatic heterocycles. The Hall–Kier alpha value is -2.55. The summed E-state index contributed by atoms with van der Waals surface area (Å²) in [5, 5.41) is 16.4. The number of nitrogens with one attached hydrogen (secondary N) is 2. The summed E-state index contributed by atoms with van der Waals surface area (Å²) in [6, 6.07) is 3.69. The highest BCUT2D eigenvalue weighted by Gasteiger charge is 2.35. The van der Waals surface area contributed by atoms with Crippen LogP contribution in [0.25, 0.3) is 16.0 Å². The first kappa shape index (κ1) is 21.3. The van der Waals surface area contributed by atoms with Crippen LogP contribution in [0.1, 0.15) is 70.6 Å². The van der Waals surface area contributed by atoms with Crippen molar-refractivity contribution in [3.05, 3.63) is 61.6 Å². The van der Waals surface area contributed by atoms with Crippen LogP contribution in [-0.2, 0) is 5.54 Å². The van der Waals surface area contributed by atoms with Gasteiger partial charge >= 0.3 is 5.97 Å². The molecule has 0 bridgehead atoms. The van der Waals surface area contributed by atoms with Crippen molar-refractivity contribution < 1.29 is 14.3 Å². The molecule has 0 radical (unpaired) electrons. The van der Waals surface area contributed by atoms with Crippen LogP contribution in [-0.4, -0.2) is 29.1 Å². The molecular weight excluding hydrogens is 429 g/mol. The lowest BCUT2D eigenvalue weighted by molar-refractivity contribution is 0.0694. The van der Waals surface area contributed by atoms with Gasteiger partial charge in [0.2, 0.25) is 0 Å². The summed E-state index contributed by atoms with van der Waals surface area (Å²) in [7, 11) is 1.92. The lowest BCUT2D eigenvalue weighted by atomic mass is 9.90. The van der Waals surface area contributed by atoms with Crippen molar-refractivity contribution in [3.63, 3.8) is 0 Å². The van der Waals surface area contributed by atoms with E-state index >= 15 is 4.39 Å². The molecule has 1 aliphatic carbocycles. The third kappa shape index (κ3) is 3.12. The molecular formula is C24H26FN3O3S. The van der Waals surface area contributed by atoms with Crippen LogP contribution < -0.4 is 16.2 Å². The number of hydrogen-bond acceptors (Lipinski definition) is 5. The molecule has 0 aromatic carbocycles. The Labute approximate surface area is 189 Å². The highest BCUT2D eigenvalue weighted by atomic mass is 32.1. The summed E-state index contributed by atoms with van der Waals surface area (Å²) < 4.78 is 16.7. The zero-order valence-electron chi connectivity index (χ0n) is 18.5. The van der Waals surface area contributed by atoms with Gasteiger partial charge in [-0.2, -0.15) is 0 Å². The smallest absolute Gasteiger partial charge is 0.341 e. The largest absolute Gasteiger partial charge is 0.477 e. The summed E-state index contributed by atoms with van der Waals surface area (Å²) in [6.07, 6.45) is 3.04. The van der Waals surface area contributed by atoms with Gasteiger partial charge in [-0.15, -0.1) is 11.3 Å². The Morgan fingerprint density at radius 3 is 2.66 bits per heavy atom. The van der Waals surface area contributed by atoms with Crippen molar-refractivity contribution >= 4 is 22.8 Å². The fraction of sp³-hybridized carbons (Fsp3) is 0.417. The minimum Gasteiger partial charge on any atom is -0.477 e. The van der Waals surface area contributed by atoms with Gasteiger partial charge in [0.1, 0.15) is 11.4 Å². The van der Waals surface area contributed by atoms with E-state index < -0.39 is 17.3 Å². The molecule has 8 heteroatoms. The second-order valence-electron chi connectivity index (χ2n) is 9.34. The van der Waals surface area contributed by atoms with Gasteiger partial charge < -0.3 is 15.7 Å². The summed E-state index contributed by atoms with van der Waals surface area (Å²) in [4.78, 5) is 26.5. The van der Waals surface area contributed by atoms with E-state index in [2.05, 4.69) is 30.5 Å². The van der Waals surface area contributed by atoms with Gasteiger partial charge in [0.25, 0.3) is 5.56 Å². The lowest BCUT2D eigenvalue weighted by Gasteiger charge is -2.35. The van der Waals surface area contributed by atoms with Gasteiger partial charge in [-0.1, -0.05) is 0 Å². The first-order valence-electron chi connectivity index (χ1n) is 10.8. The number of pyridine rings is 2. The highest BCUT2D eigenvalue weighted by Crippen LogP contribution is 2.47. The Morgan fingerprint density at radius 2 is 2.03 bits per heavy atom. The van der Waals surface area contributed by atoms with Crippen molar-refractivity contribution in [1.82, 2.24) is 15.0 Å². The number of carboxylic acid groups (broad SMARTS) is 1. The number of carboxylic acids is 1. The molecule has 3 N–H and O–H groups in total. The maximum absolute atomic E-state index is 15.5. The topological polar surface area (TPSA) is 82.8 Å². The van der Waals surface area contributed by atoms with Crippen molar-refractivity contribution in [3.8, 4) is 10.4 Å². The van der Waals surface area contributed by atoms with E-state index in [9.17, 15) is 14.7 Å². The molecule has 32 heavy (non-hydrogen) atoms. The second-order valence-corrected chi connectivity index (χ2v) is 10.4. The van der Waals surface area contributed by atoms with E-state index in [1.54, 1.807) is 11.3 Å². The quantitative estimate of drug-likeness (QED) is 0.551. The monoisotopic (exact) mass is 455 g/mol. The Balaban J connectivity index is 1.80. The fourth-order valence-electron chi connectivity index (χ4n) is 4.89. The van der Waals surface area contributed by atoms with Crippen molar-refractivity contribution in [1.29, 1.82) is 0 Å². The Kier molecular flexibility index (Phi) is 4.81. The fourth-order valence-corrected chi connectivity index (χ4v) is 6.30. The van der Waals surface area contributed by atoms with Gasteiger partial charge in [-0.25, -0.2) is 9.18 Å². The summed E-state index contributed by atoms with van der Waals surface area (Å²) in [5.74, 6) is -1.60. The van der Waals surface area contributed by atoms with Crippen LogP contribution >= 0.6 is 11.3 Å². The number of carbonyl (C=O) groups is 1. The van der Waals surface area contributed by atoms with Crippen LogP contribution in [0.3, 0.4) is 0 Å². The molecule has 1 saturated carbocycles. The van der Waals surface area contributed by atoms with E-state index in [4.69, 9.17) is 0 Å². The van der Waals surface area contributed by atoms with Crippen molar-refractivity contribution in [2.24, 2.45) is 0 Å². The Bertz CT molecular complexity index is 1340. The van der Waals surface area contributed by atoms with Crippen LogP contribution in [0.5, 0.6) is 0 Å². The molecule has 5 rings (SSSR count). The molecule has 1 unspecified atom stereocenters. The molecule has 0 saturated heterocycles. The van der Waals surface area contributed by atoms with E-state index in [1.807, 2.05) is 14.0 Å². The summed E-state index contributed by atoms with van der Waals surface area (Å²) in [5.41, 5.74) is 2.54. The summed E-state index contributed by atoms with van der Waals surface area (Å²) in [6.45, 7) is 6.86. The van der Waals surface area contributed by atoms with Crippen LogP contribution in [0, 0.1) is 12.7 Å². The molecule has 0 spiro atoms. The average molecular weight is 456 g/mol. The van der Waals surface area contributed by atoms with E-state index in [-0.39, 0.29) is 23.1 Å². The van der Waals surface area contributed by atoms with E-state index in [0.29, 0.717) is 16.6 Å². The SMILES string of the molecule is CNC1CNC(C)(C)c2sc(-c3c(F)cn4c(=O)c(C(=O)O)cc(C5CC5)c4c3C)cc21. The first-order chi connectivity index (χ1) is 15.1. The van der Waals surface area contributed by atoms with Crippen LogP contribution in [0.4, 0.5) is 4.39 Å². The predicted molar refractivity (Wildman–Crippen MR) is 123 cm³/mol. The maximum Gasteiger partial charge on any atom is 0.341 e. The normalized spacial score (nSPS) is 19.8. The molecule has 1 atom stereocenters. The molecule has 4 heterocycles. The van der Waals surface area contributed by atoms with E-state index in [1.165, 1.54) is 10.5 Å². The standard InChI is InChI=1S/C24H26FN3O3S/c1-11-19(18-8-14-17(26-4)9-27-24(2,3)21(14)32-18)16(25)10-28-20(11)13(12-5-6-12)7-15(22(28)29)23(30)31/h7-8,10,12,17,26-27H,5-6,9H2,1-4H3,(H,30,31). The number of fused-ring (bicyclic) bond motifs is 2. The molecule has 0 amide bonds. The Morgan fingerprint density at radius 1 is 1.31 bits per heavy atom. The second kappa shape index (κ2) is 7.23. The number of aromatic nitrogens is 1. The van der Waals surface area contributed by atoms with Gasteiger partial charge in [0.15, 0.2) is 0 Å². The number of aryl methyl sites for hydroxylation is 1. The zero-order chi connectivity index (χ0) is 22.9. The number of hydrogen-bond donors (Lipinski definition) is 3. The highest BCUT2D eigenvalue weighted by molar-refractivity contribution is 7.15. The molecule has 168 valence electrons. The van der Waals surface area contributed by atoms with Gasteiger partial charge in [-0.05, 0) is 75.4 Å². The first-order valence-corrected chi connectivity index (χ1v) is 11.6.